The molecule has 9 aliphatic heterocycles. The van der Waals surface area contributed by atoms with Crippen molar-refractivity contribution >= 4 is 161 Å². The lowest BCUT2D eigenvalue weighted by molar-refractivity contribution is -0.168. The fourth-order valence-corrected chi connectivity index (χ4v) is 11.0. The maximum Gasteiger partial charge on any atom is 0.348 e. The number of ether oxygens (including phenoxy) is 27. The molecule has 54 heteroatoms. The number of hydrogen-bond acceptors (Lipinski definition) is 54. The number of carbonyl (C=O) groups is 27. The Morgan fingerprint density at radius 1 is 0.293 bits per heavy atom. The summed E-state index contributed by atoms with van der Waals surface area (Å²) < 4.78 is 127. The smallest absolute Gasteiger partial charge is 0.348 e. The largest absolute Gasteiger partial charge is 0.463 e. The second kappa shape index (κ2) is 64.4. The van der Waals surface area contributed by atoms with Crippen molar-refractivity contribution in [1.29, 1.82) is 0 Å². The topological polar surface area (TPSA) is 710 Å². The molecule has 0 bridgehead atoms. The van der Waals surface area contributed by atoms with E-state index in [-0.39, 0.29) is 92.7 Å². The predicted molar refractivity (Wildman–Crippen MR) is 488 cm³/mol. The number of cyclic esters (lactones) is 9. The van der Waals surface area contributed by atoms with Crippen molar-refractivity contribution in [1.82, 2.24) is 0 Å². The van der Waals surface area contributed by atoms with Crippen LogP contribution in [0.2, 0.25) is 0 Å². The Labute approximate surface area is 857 Å². The van der Waals surface area contributed by atoms with Gasteiger partial charge in [0.1, 0.15) is 30.5 Å². The average Bonchev–Trinajstić information content (AvgIpc) is 1.69. The van der Waals surface area contributed by atoms with Crippen molar-refractivity contribution in [2.24, 2.45) is 22.7 Å². The van der Waals surface area contributed by atoms with Gasteiger partial charge in [-0.1, -0.05) is 101 Å². The normalized spacial score (nSPS) is 21.4. The zero-order valence-corrected chi connectivity index (χ0v) is 84.9. The van der Waals surface area contributed by atoms with Gasteiger partial charge in [-0.3, -0.25) is 0 Å². The second-order valence-corrected chi connectivity index (χ2v) is 34.5. The summed E-state index contributed by atoms with van der Waals surface area (Å²) in [4.78, 5) is 299. The lowest BCUT2D eigenvalue weighted by atomic mass is 9.90. The van der Waals surface area contributed by atoms with Gasteiger partial charge in [0.25, 0.3) is 0 Å². The average molecular weight is 2140 g/mol. The molecule has 9 fully saturated rings. The Bertz CT molecular complexity index is 5080. The third-order valence-corrected chi connectivity index (χ3v) is 18.6. The Morgan fingerprint density at radius 2 is 0.533 bits per heavy atom. The molecule has 0 saturated carbocycles. The number of rotatable bonds is 36. The molecule has 0 amide bonds. The highest BCUT2D eigenvalue weighted by Crippen LogP contribution is 2.34. The first-order valence-electron chi connectivity index (χ1n) is 44.5. The molecule has 54 nitrogen and oxygen atoms in total. The summed E-state index contributed by atoms with van der Waals surface area (Å²) >= 11 is 0. The van der Waals surface area contributed by atoms with Crippen LogP contribution in [0.1, 0.15) is 136 Å². The van der Waals surface area contributed by atoms with Gasteiger partial charge < -0.3 is 128 Å². The van der Waals surface area contributed by atoms with Crippen LogP contribution in [0.5, 0.6) is 0 Å². The van der Waals surface area contributed by atoms with Gasteiger partial charge in [0, 0.05) is 107 Å². The molecule has 0 radical (unpaired) electrons. The Balaban J connectivity index is 0.000000844. The Hall–Kier alpha value is -16.6. The summed E-state index contributed by atoms with van der Waals surface area (Å²) in [6, 6.07) is 0. The van der Waals surface area contributed by atoms with Crippen molar-refractivity contribution in [2.75, 3.05) is 99.1 Å². The van der Waals surface area contributed by atoms with Crippen LogP contribution in [0.25, 0.3) is 0 Å². The quantitative estimate of drug-likeness (QED) is 0.0486. The Kier molecular flexibility index (Phi) is 56.4. The van der Waals surface area contributed by atoms with Crippen LogP contribution >= 0.6 is 0 Å². The van der Waals surface area contributed by atoms with Crippen molar-refractivity contribution in [2.45, 2.75) is 208 Å². The van der Waals surface area contributed by atoms with Crippen molar-refractivity contribution < 1.29 is 257 Å². The fourth-order valence-electron chi connectivity index (χ4n) is 11.0. The standard InChI is InChI=1S/2C12H16O6.3C11H14O6.3C10H12O6.C9H10O6/c1-7(2)10(14)16-5-8(13)18-9-11(15)17-6-12(9,3)4;1-7(2)10(14)16-6-9(13)17-8-5-12(3,4)18-11(8)15;1-6(2)10(13)16-5-8(12)17-9-7(3)4-15-11(9)14;1-4-8(12)15-6-9(13)16-7-5-11(2,3)17-10(7)14;1-4-7(12)15-5-8(13)17-9-10(14)16-6-11(9,2)3;1-6(2)9(12)15-5-8(11)16-7-3-4-14-10(7)13;1-3-8(11)14-5-9(12)16-7-4-6(2)15-10(7)13;1-3-7(11)14-5-8(12)16-9-6(2)4-15-10(9)13;1-2-7(10)14-5-8(11)15-6-3-4-13-9(6)12/h9H,1,5-6H2,2-4H3;8H,1,5-6H2,2-4H3;7,9H,1,4-5H2,2-3H3;4,7H,1,5-6H2,2-3H3;4,9H,1,5-6H2,2-3H3;7H,1,3-5H2,2H3;3,6-7H,1,4-5H2,2H3;3,6,9H,1,4-5H2,2H3;2,6H,1,3-5H2. The summed E-state index contributed by atoms with van der Waals surface area (Å²) in [6.45, 7) is 50.6. The lowest BCUT2D eigenvalue weighted by Gasteiger charge is -2.21. The molecule has 9 aliphatic rings. The minimum absolute atomic E-state index is 0.184. The SMILES string of the molecule is C=C(C)C(=O)OCC(=O)OC1C(=O)OCC1(C)C.C=C(C)C(=O)OCC(=O)OC1C(=O)OCC1C.C=C(C)C(=O)OCC(=O)OC1CC(C)(C)OC1=O.C=C(C)C(=O)OCC(=O)OC1CCOC1=O.C=CC(=O)OCC(=O)OC1C(=O)OCC1(C)C.C=CC(=O)OCC(=O)OC1C(=O)OCC1C.C=CC(=O)OCC(=O)OC1CC(C)(C)OC1=O.C=CC(=O)OCC(=O)OC1CC(C)OC1=O.C=CC(=O)OCC(=O)OC1CCOC1=O. The zero-order chi connectivity index (χ0) is 115. The van der Waals surface area contributed by atoms with Crippen LogP contribution in [0.4, 0.5) is 0 Å². The Morgan fingerprint density at radius 3 is 0.727 bits per heavy atom. The van der Waals surface area contributed by atoms with E-state index >= 15 is 0 Å². The van der Waals surface area contributed by atoms with Crippen LogP contribution in [0.3, 0.4) is 0 Å². The molecule has 12 atom stereocenters. The predicted octanol–water partition coefficient (Wildman–Crippen LogP) is 1.44. The minimum Gasteiger partial charge on any atom is -0.463 e. The maximum absolute atomic E-state index is 11.4. The van der Waals surface area contributed by atoms with Crippen molar-refractivity contribution in [3.05, 3.63) is 112 Å². The highest BCUT2D eigenvalue weighted by molar-refractivity contribution is 5.94. The first kappa shape index (κ1) is 131. The van der Waals surface area contributed by atoms with E-state index in [1.165, 1.54) is 27.7 Å². The van der Waals surface area contributed by atoms with E-state index in [0.29, 0.717) is 19.3 Å². The van der Waals surface area contributed by atoms with Crippen LogP contribution in [0, 0.1) is 22.7 Å². The first-order valence-corrected chi connectivity index (χ1v) is 44.5. The zero-order valence-electron chi connectivity index (χ0n) is 84.9. The van der Waals surface area contributed by atoms with Crippen LogP contribution in [-0.2, 0) is 257 Å². The molecule has 150 heavy (non-hydrogen) atoms. The van der Waals surface area contributed by atoms with Crippen LogP contribution in [-0.4, -0.2) is 333 Å². The molecule has 828 valence electrons. The fraction of sp³-hybridized carbons (Fsp3) is 0.531. The van der Waals surface area contributed by atoms with Gasteiger partial charge in [0.2, 0.25) is 54.9 Å². The van der Waals surface area contributed by atoms with Gasteiger partial charge >= 0.3 is 161 Å². The third-order valence-electron chi connectivity index (χ3n) is 18.6. The monoisotopic (exact) mass is 2140 g/mol. The molecule has 12 unspecified atom stereocenters. The summed E-state index contributed by atoms with van der Waals surface area (Å²) in [5, 5.41) is 0. The molecule has 0 aromatic heterocycles. The van der Waals surface area contributed by atoms with E-state index < -0.39 is 298 Å². The van der Waals surface area contributed by atoms with Gasteiger partial charge in [-0.25, -0.2) is 129 Å². The molecule has 9 heterocycles. The summed E-state index contributed by atoms with van der Waals surface area (Å²) in [5.74, 6) is -19.0. The highest BCUT2D eigenvalue weighted by Gasteiger charge is 2.50. The van der Waals surface area contributed by atoms with Crippen molar-refractivity contribution in [3.63, 3.8) is 0 Å². The minimum atomic E-state index is -0.964. The highest BCUT2D eigenvalue weighted by atomic mass is 16.7. The first-order chi connectivity index (χ1) is 69.8. The summed E-state index contributed by atoms with van der Waals surface area (Å²) in [5.41, 5.74) is -1.69. The molecule has 0 spiro atoms. The van der Waals surface area contributed by atoms with Crippen LogP contribution < -0.4 is 0 Å². The molecular weight excluding hydrogens is 2020 g/mol. The van der Waals surface area contributed by atoms with Gasteiger partial charge in [0.15, 0.2) is 59.5 Å². The third kappa shape index (κ3) is 51.4. The number of carbonyl (C=O) groups excluding carboxylic acids is 27. The molecule has 0 aromatic carbocycles. The van der Waals surface area contributed by atoms with Gasteiger partial charge in [-0.05, 0) is 62.3 Å². The molecule has 0 aliphatic carbocycles. The second-order valence-electron chi connectivity index (χ2n) is 34.5. The molecule has 0 aromatic rings. The van der Waals surface area contributed by atoms with Gasteiger partial charge in [0.05, 0.1) is 26.4 Å². The molecule has 0 N–H and O–H groups in total. The van der Waals surface area contributed by atoms with E-state index in [4.69, 9.17) is 71.1 Å². The summed E-state index contributed by atoms with van der Waals surface area (Å²) in [6.07, 6.45) is -2.32. The lowest BCUT2D eigenvalue weighted by Crippen LogP contribution is -2.36. The number of esters is 27. The molecule has 9 rings (SSSR count). The van der Waals surface area contributed by atoms with E-state index in [1.54, 1.807) is 76.2 Å². The van der Waals surface area contributed by atoms with Gasteiger partial charge in [-0.2, -0.15) is 0 Å². The van der Waals surface area contributed by atoms with E-state index in [2.05, 4.69) is 116 Å². The molecular formula is C96H120O54. The van der Waals surface area contributed by atoms with Crippen LogP contribution in [0.15, 0.2) is 112 Å². The summed E-state index contributed by atoms with van der Waals surface area (Å²) in [7, 11) is 0. The van der Waals surface area contributed by atoms with E-state index in [9.17, 15) is 129 Å². The van der Waals surface area contributed by atoms with Gasteiger partial charge in [-0.15, -0.1) is 0 Å². The van der Waals surface area contributed by atoms with E-state index in [1.807, 2.05) is 0 Å². The van der Waals surface area contributed by atoms with E-state index in [0.717, 1.165) is 30.4 Å². The van der Waals surface area contributed by atoms with Crippen molar-refractivity contribution in [3.8, 4) is 0 Å². The maximum atomic E-state index is 11.4. The number of hydrogen-bond donors (Lipinski definition) is 0. The molecule has 9 saturated heterocycles.